The second-order valence-corrected chi connectivity index (χ2v) is 5.94. The normalized spacial score (nSPS) is 14.8. The van der Waals surface area contributed by atoms with E-state index in [-0.39, 0.29) is 12.2 Å². The lowest BCUT2D eigenvalue weighted by Crippen LogP contribution is -2.48. The highest BCUT2D eigenvalue weighted by Crippen LogP contribution is 2.01. The van der Waals surface area contributed by atoms with Gasteiger partial charge < -0.3 is 10.2 Å². The quantitative estimate of drug-likeness (QED) is 0.615. The highest BCUT2D eigenvalue weighted by molar-refractivity contribution is 7.89. The number of aliphatic hydroxyl groups excluding tert-OH is 1. The minimum Gasteiger partial charge on any atom is -0.480 e. The van der Waals surface area contributed by atoms with Gasteiger partial charge in [-0.2, -0.15) is 4.72 Å². The molecule has 0 fully saturated rings. The minimum atomic E-state index is -3.80. The minimum absolute atomic E-state index is 0.169. The molecule has 8 heteroatoms. The summed E-state index contributed by atoms with van der Waals surface area (Å²) in [5.41, 5.74) is 0.594. The molecule has 3 N–H and O–H groups in total. The summed E-state index contributed by atoms with van der Waals surface area (Å²) in [5, 5.41) is 18.0. The topological polar surface area (TPSA) is 117 Å². The van der Waals surface area contributed by atoms with Gasteiger partial charge in [-0.25, -0.2) is 8.42 Å². The van der Waals surface area contributed by atoms with Crippen LogP contribution in [0.3, 0.4) is 0 Å². The molecule has 0 bridgehead atoms. The number of sulfonamides is 1. The first-order valence-corrected chi connectivity index (χ1v) is 7.28. The predicted molar refractivity (Wildman–Crippen MR) is 68.0 cm³/mol. The van der Waals surface area contributed by atoms with Crippen molar-refractivity contribution in [3.05, 3.63) is 30.1 Å². The van der Waals surface area contributed by atoms with Crippen LogP contribution < -0.4 is 4.72 Å². The van der Waals surface area contributed by atoms with E-state index in [9.17, 15) is 18.3 Å². The molecule has 7 nitrogen and oxygen atoms in total. The monoisotopic (exact) mass is 288 g/mol. The van der Waals surface area contributed by atoms with E-state index < -0.39 is 28.1 Å². The standard InChI is InChI=1S/C11H16N2O5S/c1-8(14)10(11(15)16)13-19(17,18)7-5-9-4-2-3-6-12-9/h2-4,6,8,10,13-14H,5,7H2,1H3,(H,15,16). The van der Waals surface area contributed by atoms with Crippen LogP contribution in [0.25, 0.3) is 0 Å². The molecule has 0 amide bonds. The Morgan fingerprint density at radius 1 is 1.47 bits per heavy atom. The molecule has 0 aliphatic rings. The van der Waals surface area contributed by atoms with Crippen LogP contribution in [0.15, 0.2) is 24.4 Å². The molecule has 0 saturated carbocycles. The van der Waals surface area contributed by atoms with E-state index in [2.05, 4.69) is 4.98 Å². The number of rotatable bonds is 7. The van der Waals surface area contributed by atoms with Crippen LogP contribution in [0.2, 0.25) is 0 Å². The maximum Gasteiger partial charge on any atom is 0.324 e. The van der Waals surface area contributed by atoms with Gasteiger partial charge in [0.2, 0.25) is 10.0 Å². The number of aliphatic hydroxyl groups is 1. The van der Waals surface area contributed by atoms with Gasteiger partial charge in [-0.1, -0.05) is 6.07 Å². The van der Waals surface area contributed by atoms with Gasteiger partial charge in [-0.15, -0.1) is 0 Å². The summed E-state index contributed by atoms with van der Waals surface area (Å²) in [7, 11) is -3.80. The van der Waals surface area contributed by atoms with Crippen LogP contribution in [0.5, 0.6) is 0 Å². The smallest absolute Gasteiger partial charge is 0.324 e. The average molecular weight is 288 g/mol. The highest BCUT2D eigenvalue weighted by Gasteiger charge is 2.28. The van der Waals surface area contributed by atoms with E-state index in [0.717, 1.165) is 0 Å². The number of carboxylic acid groups (broad SMARTS) is 1. The Bertz CT molecular complexity index is 515. The van der Waals surface area contributed by atoms with Gasteiger partial charge in [0.1, 0.15) is 6.04 Å². The number of pyridine rings is 1. The molecule has 0 spiro atoms. The van der Waals surface area contributed by atoms with Crippen LogP contribution >= 0.6 is 0 Å². The Labute approximate surface area is 111 Å². The van der Waals surface area contributed by atoms with Crippen LogP contribution in [-0.2, 0) is 21.2 Å². The number of nitrogens with one attached hydrogen (secondary N) is 1. The molecular formula is C11H16N2O5S. The van der Waals surface area contributed by atoms with E-state index in [1.807, 2.05) is 4.72 Å². The van der Waals surface area contributed by atoms with Crippen molar-refractivity contribution in [3.63, 3.8) is 0 Å². The van der Waals surface area contributed by atoms with Crippen LogP contribution in [0.1, 0.15) is 12.6 Å². The Morgan fingerprint density at radius 3 is 2.63 bits per heavy atom. The fourth-order valence-corrected chi connectivity index (χ4v) is 2.67. The second-order valence-electron chi connectivity index (χ2n) is 4.06. The van der Waals surface area contributed by atoms with E-state index in [4.69, 9.17) is 5.11 Å². The largest absolute Gasteiger partial charge is 0.480 e. The van der Waals surface area contributed by atoms with Crippen molar-refractivity contribution < 1.29 is 23.4 Å². The zero-order valence-corrected chi connectivity index (χ0v) is 11.2. The third-order valence-corrected chi connectivity index (χ3v) is 3.76. The Balaban J connectivity index is 2.64. The molecule has 1 rings (SSSR count). The maximum atomic E-state index is 11.7. The molecule has 0 aromatic carbocycles. The number of carboxylic acids is 1. The van der Waals surface area contributed by atoms with Crippen molar-refractivity contribution in [2.75, 3.05) is 5.75 Å². The molecule has 106 valence electrons. The summed E-state index contributed by atoms with van der Waals surface area (Å²) in [4.78, 5) is 14.8. The van der Waals surface area contributed by atoms with Gasteiger partial charge in [0.15, 0.2) is 0 Å². The van der Waals surface area contributed by atoms with E-state index in [0.29, 0.717) is 5.69 Å². The number of aryl methyl sites for hydroxylation is 1. The maximum absolute atomic E-state index is 11.7. The van der Waals surface area contributed by atoms with E-state index in [1.165, 1.54) is 6.92 Å². The fourth-order valence-electron chi connectivity index (χ4n) is 1.39. The first-order valence-electron chi connectivity index (χ1n) is 5.62. The van der Waals surface area contributed by atoms with Crippen molar-refractivity contribution in [1.29, 1.82) is 0 Å². The molecule has 1 heterocycles. The third kappa shape index (κ3) is 5.33. The van der Waals surface area contributed by atoms with Crippen molar-refractivity contribution >= 4 is 16.0 Å². The molecule has 0 saturated heterocycles. The summed E-state index contributed by atoms with van der Waals surface area (Å²) in [6.07, 6.45) is 0.398. The zero-order chi connectivity index (χ0) is 14.5. The Morgan fingerprint density at radius 2 is 2.16 bits per heavy atom. The summed E-state index contributed by atoms with van der Waals surface area (Å²) >= 11 is 0. The first kappa shape index (κ1) is 15.5. The fraction of sp³-hybridized carbons (Fsp3) is 0.455. The molecule has 2 atom stereocenters. The van der Waals surface area contributed by atoms with Gasteiger partial charge in [0.05, 0.1) is 11.9 Å². The summed E-state index contributed by atoms with van der Waals surface area (Å²) < 4.78 is 25.4. The number of hydrogen-bond donors (Lipinski definition) is 3. The van der Waals surface area contributed by atoms with Gasteiger partial charge in [0, 0.05) is 18.3 Å². The summed E-state index contributed by atoms with van der Waals surface area (Å²) in [6.45, 7) is 1.21. The van der Waals surface area contributed by atoms with Gasteiger partial charge in [-0.3, -0.25) is 9.78 Å². The molecule has 0 aliphatic heterocycles. The summed E-state index contributed by atoms with van der Waals surface area (Å²) in [5.74, 6) is -1.71. The first-order chi connectivity index (χ1) is 8.82. The zero-order valence-electron chi connectivity index (χ0n) is 10.4. The van der Waals surface area contributed by atoms with Crippen molar-refractivity contribution in [2.45, 2.75) is 25.5 Å². The van der Waals surface area contributed by atoms with Crippen LogP contribution in [0, 0.1) is 0 Å². The Hall–Kier alpha value is -1.51. The van der Waals surface area contributed by atoms with E-state index >= 15 is 0 Å². The van der Waals surface area contributed by atoms with Crippen molar-refractivity contribution in [3.8, 4) is 0 Å². The average Bonchev–Trinajstić information content (AvgIpc) is 2.34. The number of hydrogen-bond acceptors (Lipinski definition) is 5. The SMILES string of the molecule is CC(O)C(NS(=O)(=O)CCc1ccccn1)C(=O)O. The van der Waals surface area contributed by atoms with Crippen molar-refractivity contribution in [2.24, 2.45) is 0 Å². The van der Waals surface area contributed by atoms with Gasteiger partial charge >= 0.3 is 5.97 Å². The van der Waals surface area contributed by atoms with Crippen LogP contribution in [-0.4, -0.2) is 47.5 Å². The molecular weight excluding hydrogens is 272 g/mol. The predicted octanol–water partition coefficient (Wildman–Crippen LogP) is -0.623. The molecule has 19 heavy (non-hydrogen) atoms. The lowest BCUT2D eigenvalue weighted by atomic mass is 10.2. The number of aliphatic carboxylic acids is 1. The number of nitrogens with zero attached hydrogens (tertiary/aromatic N) is 1. The number of carbonyl (C=O) groups is 1. The highest BCUT2D eigenvalue weighted by atomic mass is 32.2. The number of aromatic nitrogens is 1. The van der Waals surface area contributed by atoms with Gasteiger partial charge in [0.25, 0.3) is 0 Å². The summed E-state index contributed by atoms with van der Waals surface area (Å²) in [6, 6.07) is 3.58. The van der Waals surface area contributed by atoms with Crippen molar-refractivity contribution in [1.82, 2.24) is 9.71 Å². The van der Waals surface area contributed by atoms with E-state index in [1.54, 1.807) is 24.4 Å². The second kappa shape index (κ2) is 6.60. The molecule has 0 aliphatic carbocycles. The molecule has 0 radical (unpaired) electrons. The van der Waals surface area contributed by atoms with Gasteiger partial charge in [-0.05, 0) is 19.1 Å². The lowest BCUT2D eigenvalue weighted by Gasteiger charge is -2.16. The molecule has 1 aromatic rings. The molecule has 2 unspecified atom stereocenters. The lowest BCUT2D eigenvalue weighted by molar-refractivity contribution is -0.141. The third-order valence-electron chi connectivity index (χ3n) is 2.41. The van der Waals surface area contributed by atoms with Crippen LogP contribution in [0.4, 0.5) is 0 Å². The Kier molecular flexibility index (Phi) is 5.40. The molecule has 1 aromatic heterocycles.